The molecule has 0 aliphatic rings. The lowest BCUT2D eigenvalue weighted by Gasteiger charge is -2.09. The van der Waals surface area contributed by atoms with Crippen molar-refractivity contribution in [1.82, 2.24) is 15.1 Å². The Morgan fingerprint density at radius 2 is 1.97 bits per heavy atom. The third kappa shape index (κ3) is 4.11. The van der Waals surface area contributed by atoms with Crippen molar-refractivity contribution >= 4 is 27.6 Å². The summed E-state index contributed by atoms with van der Waals surface area (Å²) in [5, 5.41) is 11.6. The first-order valence-corrected chi connectivity index (χ1v) is 11.3. The van der Waals surface area contributed by atoms with Crippen molar-refractivity contribution < 1.29 is 4.52 Å². The zero-order chi connectivity index (χ0) is 21.9. The average molecular weight is 425 g/mol. The highest BCUT2D eigenvalue weighted by Gasteiger charge is 2.19. The largest absolute Gasteiger partial charge is 0.361 e. The highest BCUT2D eigenvalue weighted by molar-refractivity contribution is 5.87. The number of aromatic nitrogens is 3. The number of benzene rings is 2. The van der Waals surface area contributed by atoms with E-state index in [-0.39, 0.29) is 0 Å². The zero-order valence-corrected chi connectivity index (χ0v) is 18.6. The number of para-hydroxylation sites is 1. The second-order valence-corrected chi connectivity index (χ2v) is 8.76. The van der Waals surface area contributed by atoms with Crippen molar-refractivity contribution in [2.24, 2.45) is 5.92 Å². The number of H-pyrrole nitrogens is 1. The number of rotatable bonds is 8. The highest BCUT2D eigenvalue weighted by atomic mass is 16.5. The smallest absolute Gasteiger partial charge is 0.228 e. The molecule has 5 rings (SSSR count). The van der Waals surface area contributed by atoms with Gasteiger partial charge in [-0.3, -0.25) is 4.98 Å². The topological polar surface area (TPSA) is 66.7 Å². The molecule has 0 aliphatic heterocycles. The quantitative estimate of drug-likeness (QED) is 0.275. The molecule has 0 saturated heterocycles. The van der Waals surface area contributed by atoms with Gasteiger partial charge in [0.2, 0.25) is 5.88 Å². The van der Waals surface area contributed by atoms with E-state index in [4.69, 9.17) is 4.52 Å². The number of fused-ring (bicyclic) bond motifs is 2. The molecule has 3 heterocycles. The van der Waals surface area contributed by atoms with Gasteiger partial charge in [0.25, 0.3) is 0 Å². The molecule has 0 radical (unpaired) electrons. The fourth-order valence-corrected chi connectivity index (χ4v) is 4.32. The van der Waals surface area contributed by atoms with Crippen LogP contribution in [0.1, 0.15) is 31.4 Å². The van der Waals surface area contributed by atoms with Crippen LogP contribution in [0.5, 0.6) is 0 Å². The summed E-state index contributed by atoms with van der Waals surface area (Å²) in [7, 11) is 0. The van der Waals surface area contributed by atoms with Crippen LogP contribution in [0.4, 0.5) is 5.88 Å². The molecule has 5 aromatic rings. The summed E-state index contributed by atoms with van der Waals surface area (Å²) in [5.41, 5.74) is 5.71. The molecular formula is C27H28N4O. The Balaban J connectivity index is 1.32. The Morgan fingerprint density at radius 3 is 2.88 bits per heavy atom. The summed E-state index contributed by atoms with van der Waals surface area (Å²) in [5.74, 6) is 1.30. The minimum Gasteiger partial charge on any atom is -0.361 e. The molecule has 5 nitrogen and oxygen atoms in total. The van der Waals surface area contributed by atoms with Crippen molar-refractivity contribution in [3.8, 4) is 11.3 Å². The number of hydrogen-bond acceptors (Lipinski definition) is 4. The minimum absolute atomic E-state index is 0.504. The Kier molecular flexibility index (Phi) is 5.63. The minimum atomic E-state index is 0.504. The van der Waals surface area contributed by atoms with Crippen molar-refractivity contribution in [2.45, 2.75) is 33.1 Å². The number of anilines is 1. The molecule has 2 N–H and O–H groups in total. The Bertz CT molecular complexity index is 1350. The van der Waals surface area contributed by atoms with Crippen LogP contribution >= 0.6 is 0 Å². The first kappa shape index (κ1) is 20.3. The molecule has 0 fully saturated rings. The monoisotopic (exact) mass is 424 g/mol. The molecule has 3 aromatic heterocycles. The van der Waals surface area contributed by atoms with Crippen molar-refractivity contribution in [3.63, 3.8) is 0 Å². The van der Waals surface area contributed by atoms with Gasteiger partial charge in [0.05, 0.1) is 0 Å². The molecule has 162 valence electrons. The van der Waals surface area contributed by atoms with Crippen LogP contribution in [0.2, 0.25) is 0 Å². The molecule has 0 bridgehead atoms. The lowest BCUT2D eigenvalue weighted by atomic mass is 9.98. The number of aromatic amines is 1. The van der Waals surface area contributed by atoms with Gasteiger partial charge in [-0.25, -0.2) is 0 Å². The summed E-state index contributed by atoms with van der Waals surface area (Å²) >= 11 is 0. The number of aryl methyl sites for hydroxylation is 1. The van der Waals surface area contributed by atoms with E-state index in [0.717, 1.165) is 59.3 Å². The van der Waals surface area contributed by atoms with E-state index in [0.29, 0.717) is 5.92 Å². The van der Waals surface area contributed by atoms with E-state index in [9.17, 15) is 0 Å². The molecule has 0 saturated carbocycles. The zero-order valence-electron chi connectivity index (χ0n) is 18.6. The van der Waals surface area contributed by atoms with Gasteiger partial charge in [-0.05, 0) is 54.3 Å². The van der Waals surface area contributed by atoms with Crippen molar-refractivity contribution in [3.05, 3.63) is 78.2 Å². The Hall–Kier alpha value is -3.60. The Morgan fingerprint density at radius 1 is 1.06 bits per heavy atom. The van der Waals surface area contributed by atoms with E-state index >= 15 is 0 Å². The summed E-state index contributed by atoms with van der Waals surface area (Å²) in [6.45, 7) is 5.29. The molecule has 0 atom stereocenters. The van der Waals surface area contributed by atoms with Gasteiger partial charge in [-0.2, -0.15) is 0 Å². The lowest BCUT2D eigenvalue weighted by Crippen LogP contribution is -2.05. The van der Waals surface area contributed by atoms with Crippen LogP contribution < -0.4 is 5.32 Å². The third-order valence-corrected chi connectivity index (χ3v) is 5.90. The fourth-order valence-electron chi connectivity index (χ4n) is 4.32. The van der Waals surface area contributed by atoms with E-state index in [2.05, 4.69) is 83.0 Å². The second kappa shape index (κ2) is 8.87. The maximum absolute atomic E-state index is 5.79. The molecule has 0 spiro atoms. The first-order chi connectivity index (χ1) is 15.7. The van der Waals surface area contributed by atoms with Crippen LogP contribution in [-0.2, 0) is 12.8 Å². The van der Waals surface area contributed by atoms with E-state index in [1.165, 1.54) is 16.5 Å². The normalized spacial score (nSPS) is 11.6. The molecule has 0 aliphatic carbocycles. The predicted octanol–water partition coefficient (Wildman–Crippen LogP) is 6.61. The molecular weight excluding hydrogens is 396 g/mol. The maximum Gasteiger partial charge on any atom is 0.228 e. The summed E-state index contributed by atoms with van der Waals surface area (Å²) in [4.78, 5) is 7.57. The van der Waals surface area contributed by atoms with Crippen LogP contribution in [0, 0.1) is 5.92 Å². The summed E-state index contributed by atoms with van der Waals surface area (Å²) in [6.07, 6.45) is 8.77. The third-order valence-electron chi connectivity index (χ3n) is 5.90. The van der Waals surface area contributed by atoms with Crippen LogP contribution in [0.25, 0.3) is 32.9 Å². The summed E-state index contributed by atoms with van der Waals surface area (Å²) in [6, 6.07) is 16.9. The van der Waals surface area contributed by atoms with E-state index in [1.807, 2.05) is 18.5 Å². The molecule has 2 aromatic carbocycles. The standard InChI is InChI=1S/C27H28N4O/c1-18(2)14-24-26(20-9-10-21-16-28-13-11-19(21)15-20)31-32-27(24)29-12-5-6-22-17-30-25-8-4-3-7-23(22)25/h3-4,7-11,13,15-18,29-30H,5-6,12,14H2,1-2H3. The average Bonchev–Trinajstić information content (AvgIpc) is 3.40. The number of nitrogens with one attached hydrogen (secondary N) is 2. The highest BCUT2D eigenvalue weighted by Crippen LogP contribution is 2.32. The first-order valence-electron chi connectivity index (χ1n) is 11.3. The van der Waals surface area contributed by atoms with Gasteiger partial charge < -0.3 is 14.8 Å². The van der Waals surface area contributed by atoms with Gasteiger partial charge in [0.1, 0.15) is 5.69 Å². The van der Waals surface area contributed by atoms with Gasteiger partial charge in [-0.1, -0.05) is 49.3 Å². The second-order valence-electron chi connectivity index (χ2n) is 8.76. The lowest BCUT2D eigenvalue weighted by molar-refractivity contribution is 0.433. The maximum atomic E-state index is 5.79. The van der Waals surface area contributed by atoms with Gasteiger partial charge >= 0.3 is 0 Å². The van der Waals surface area contributed by atoms with Crippen molar-refractivity contribution in [2.75, 3.05) is 11.9 Å². The van der Waals surface area contributed by atoms with Gasteiger partial charge in [-0.15, -0.1) is 0 Å². The molecule has 0 unspecified atom stereocenters. The van der Waals surface area contributed by atoms with Crippen LogP contribution in [-0.4, -0.2) is 21.7 Å². The fraction of sp³-hybridized carbons (Fsp3) is 0.259. The number of hydrogen-bond donors (Lipinski definition) is 2. The van der Waals surface area contributed by atoms with Crippen LogP contribution in [0.3, 0.4) is 0 Å². The van der Waals surface area contributed by atoms with E-state index < -0.39 is 0 Å². The Labute approximate surface area is 187 Å². The van der Waals surface area contributed by atoms with Gasteiger partial charge in [0, 0.05) is 52.6 Å². The number of pyridine rings is 1. The molecule has 32 heavy (non-hydrogen) atoms. The summed E-state index contributed by atoms with van der Waals surface area (Å²) < 4.78 is 5.79. The molecule has 5 heteroatoms. The van der Waals surface area contributed by atoms with Gasteiger partial charge in [0.15, 0.2) is 0 Å². The van der Waals surface area contributed by atoms with E-state index in [1.54, 1.807) is 0 Å². The van der Waals surface area contributed by atoms with Crippen LogP contribution in [0.15, 0.2) is 71.6 Å². The predicted molar refractivity (Wildman–Crippen MR) is 131 cm³/mol. The SMILES string of the molecule is CC(C)Cc1c(-c2ccc3cnccc3c2)noc1NCCCc1c[nH]c2ccccc12. The number of nitrogens with zero attached hydrogens (tertiary/aromatic N) is 2. The van der Waals surface area contributed by atoms with Crippen molar-refractivity contribution in [1.29, 1.82) is 0 Å². The molecule has 0 amide bonds.